The fourth-order valence-corrected chi connectivity index (χ4v) is 2.70. The van der Waals surface area contributed by atoms with Crippen LogP contribution in [-0.2, 0) is 4.74 Å². The van der Waals surface area contributed by atoms with Crippen LogP contribution in [0.15, 0.2) is 24.3 Å². The van der Waals surface area contributed by atoms with Gasteiger partial charge in [0.1, 0.15) is 5.52 Å². The van der Waals surface area contributed by atoms with Crippen LogP contribution in [0.5, 0.6) is 0 Å². The van der Waals surface area contributed by atoms with Gasteiger partial charge in [0.15, 0.2) is 5.82 Å². The number of hydrogen-bond donors (Lipinski definition) is 1. The van der Waals surface area contributed by atoms with Crippen LogP contribution in [0.1, 0.15) is 44.1 Å². The Morgan fingerprint density at radius 1 is 1.25 bits per heavy atom. The number of rotatable bonds is 6. The Labute approximate surface area is 140 Å². The van der Waals surface area contributed by atoms with Gasteiger partial charge in [-0.3, -0.25) is 0 Å². The van der Waals surface area contributed by atoms with E-state index in [1.807, 2.05) is 24.3 Å². The van der Waals surface area contributed by atoms with Crippen molar-refractivity contribution in [3.8, 4) is 0 Å². The molecule has 2 heterocycles. The Kier molecular flexibility index (Phi) is 4.59. The van der Waals surface area contributed by atoms with E-state index in [0.717, 1.165) is 23.9 Å². The van der Waals surface area contributed by atoms with E-state index in [9.17, 15) is 4.79 Å². The molecule has 3 aromatic rings. The number of benzene rings is 1. The van der Waals surface area contributed by atoms with E-state index in [2.05, 4.69) is 29.5 Å². The second-order valence-corrected chi connectivity index (χ2v) is 5.53. The summed E-state index contributed by atoms with van der Waals surface area (Å²) in [5.41, 5.74) is 2.33. The average molecular weight is 327 g/mol. The summed E-state index contributed by atoms with van der Waals surface area (Å²) in [5, 5.41) is 11.6. The molecule has 1 N–H and O–H groups in total. The van der Waals surface area contributed by atoms with Crippen LogP contribution in [-0.4, -0.2) is 38.4 Å². The molecule has 126 valence electrons. The number of anilines is 1. The largest absolute Gasteiger partial charge is 0.461 e. The third-order valence-corrected chi connectivity index (χ3v) is 4.03. The molecule has 0 unspecified atom stereocenters. The smallest absolute Gasteiger partial charge is 0.361 e. The third-order valence-electron chi connectivity index (χ3n) is 4.03. The van der Waals surface area contributed by atoms with Crippen molar-refractivity contribution in [1.29, 1.82) is 0 Å². The highest BCUT2D eigenvalue weighted by Crippen LogP contribution is 2.25. The van der Waals surface area contributed by atoms with E-state index in [1.54, 1.807) is 11.4 Å². The van der Waals surface area contributed by atoms with E-state index < -0.39 is 5.97 Å². The van der Waals surface area contributed by atoms with Crippen molar-refractivity contribution in [2.45, 2.75) is 39.7 Å². The van der Waals surface area contributed by atoms with Crippen LogP contribution < -0.4 is 5.32 Å². The van der Waals surface area contributed by atoms with Crippen LogP contribution in [0.25, 0.3) is 16.6 Å². The summed E-state index contributed by atoms with van der Waals surface area (Å²) >= 11 is 0. The minimum atomic E-state index is -0.489. The lowest BCUT2D eigenvalue weighted by molar-refractivity contribution is 0.0521. The van der Waals surface area contributed by atoms with Crippen LogP contribution in [0.2, 0.25) is 0 Å². The van der Waals surface area contributed by atoms with Gasteiger partial charge in [0.2, 0.25) is 5.69 Å². The monoisotopic (exact) mass is 327 g/mol. The van der Waals surface area contributed by atoms with Crippen molar-refractivity contribution in [2.75, 3.05) is 11.9 Å². The van der Waals surface area contributed by atoms with Crippen molar-refractivity contribution < 1.29 is 9.53 Å². The number of nitrogens with zero attached hydrogens (tertiary/aromatic N) is 4. The van der Waals surface area contributed by atoms with Gasteiger partial charge in [-0.05, 0) is 31.9 Å². The van der Waals surface area contributed by atoms with Crippen LogP contribution in [0.4, 0.5) is 5.82 Å². The molecule has 0 aliphatic heterocycles. The molecular formula is C17H21N5O2. The maximum atomic E-state index is 12.2. The summed E-state index contributed by atoms with van der Waals surface area (Å²) < 4.78 is 6.76. The maximum Gasteiger partial charge on any atom is 0.361 e. The van der Waals surface area contributed by atoms with Crippen molar-refractivity contribution >= 4 is 28.3 Å². The van der Waals surface area contributed by atoms with Crippen molar-refractivity contribution in [1.82, 2.24) is 19.8 Å². The lowest BCUT2D eigenvalue weighted by Gasteiger charge is -2.17. The SMILES string of the molecule is CCOC(=O)c1nnn2c1c(NC(CC)CC)nc1ccccc12. The first-order chi connectivity index (χ1) is 11.7. The topological polar surface area (TPSA) is 81.4 Å². The number of aromatic nitrogens is 4. The summed E-state index contributed by atoms with van der Waals surface area (Å²) in [4.78, 5) is 16.9. The summed E-state index contributed by atoms with van der Waals surface area (Å²) in [6, 6.07) is 7.90. The standard InChI is InChI=1S/C17H21N5O2/c1-4-11(5-2)18-16-15-14(17(23)24-6-3)20-21-22(15)13-10-8-7-9-12(13)19-16/h7-11H,4-6H2,1-3H3,(H,18,19). The fraction of sp³-hybridized carbons (Fsp3) is 0.412. The van der Waals surface area contributed by atoms with E-state index in [0.29, 0.717) is 11.3 Å². The summed E-state index contributed by atoms with van der Waals surface area (Å²) in [7, 11) is 0. The first-order valence-electron chi connectivity index (χ1n) is 8.27. The number of ether oxygens (including phenoxy) is 1. The highest BCUT2D eigenvalue weighted by atomic mass is 16.5. The predicted molar refractivity (Wildman–Crippen MR) is 92.2 cm³/mol. The quantitative estimate of drug-likeness (QED) is 0.701. The number of fused-ring (bicyclic) bond motifs is 3. The van der Waals surface area contributed by atoms with E-state index in [-0.39, 0.29) is 18.3 Å². The number of carbonyl (C=O) groups is 1. The zero-order valence-corrected chi connectivity index (χ0v) is 14.1. The minimum Gasteiger partial charge on any atom is -0.461 e. The van der Waals surface area contributed by atoms with Crippen molar-refractivity contribution in [2.24, 2.45) is 0 Å². The molecule has 0 saturated carbocycles. The van der Waals surface area contributed by atoms with Crippen LogP contribution >= 0.6 is 0 Å². The van der Waals surface area contributed by atoms with Crippen LogP contribution in [0.3, 0.4) is 0 Å². The molecule has 0 aliphatic carbocycles. The van der Waals surface area contributed by atoms with Gasteiger partial charge >= 0.3 is 5.97 Å². The lowest BCUT2D eigenvalue weighted by Crippen LogP contribution is -2.19. The van der Waals surface area contributed by atoms with Crippen LogP contribution in [0, 0.1) is 0 Å². The molecule has 0 bridgehead atoms. The Hall–Kier alpha value is -2.70. The zero-order valence-electron chi connectivity index (χ0n) is 14.1. The molecule has 0 fully saturated rings. The molecule has 0 spiro atoms. The second-order valence-electron chi connectivity index (χ2n) is 5.53. The summed E-state index contributed by atoms with van der Waals surface area (Å²) in [6.45, 7) is 6.27. The maximum absolute atomic E-state index is 12.2. The number of para-hydroxylation sites is 2. The highest BCUT2D eigenvalue weighted by molar-refractivity contribution is 6.00. The van der Waals surface area contributed by atoms with Crippen molar-refractivity contribution in [3.05, 3.63) is 30.0 Å². The molecule has 0 saturated heterocycles. The lowest BCUT2D eigenvalue weighted by atomic mass is 10.1. The Morgan fingerprint density at radius 2 is 2.00 bits per heavy atom. The molecule has 7 nitrogen and oxygen atoms in total. The number of esters is 1. The first kappa shape index (κ1) is 16.2. The number of carbonyl (C=O) groups excluding carboxylic acids is 1. The van der Waals surface area contributed by atoms with Gasteiger partial charge in [0.05, 0.1) is 17.6 Å². The second kappa shape index (κ2) is 6.82. The first-order valence-corrected chi connectivity index (χ1v) is 8.27. The van der Waals surface area contributed by atoms with Gasteiger partial charge in [-0.2, -0.15) is 0 Å². The molecule has 1 aromatic carbocycles. The molecule has 24 heavy (non-hydrogen) atoms. The van der Waals surface area contributed by atoms with Gasteiger partial charge in [-0.1, -0.05) is 31.2 Å². The summed E-state index contributed by atoms with van der Waals surface area (Å²) in [6.07, 6.45) is 1.90. The average Bonchev–Trinajstić information content (AvgIpc) is 3.05. The Morgan fingerprint density at radius 3 is 2.71 bits per heavy atom. The molecule has 3 rings (SSSR count). The predicted octanol–water partition coefficient (Wildman–Crippen LogP) is 3.05. The molecule has 7 heteroatoms. The van der Waals surface area contributed by atoms with Gasteiger partial charge in [0, 0.05) is 6.04 Å². The third kappa shape index (κ3) is 2.77. The number of nitrogens with one attached hydrogen (secondary N) is 1. The van der Waals surface area contributed by atoms with Gasteiger partial charge in [-0.15, -0.1) is 5.10 Å². The van der Waals surface area contributed by atoms with Gasteiger partial charge in [-0.25, -0.2) is 14.3 Å². The Balaban J connectivity index is 2.24. The van der Waals surface area contributed by atoms with E-state index in [1.165, 1.54) is 0 Å². The molecule has 0 aliphatic rings. The summed E-state index contributed by atoms with van der Waals surface area (Å²) in [5.74, 6) is 0.118. The van der Waals surface area contributed by atoms with Gasteiger partial charge < -0.3 is 10.1 Å². The number of hydrogen-bond acceptors (Lipinski definition) is 6. The zero-order chi connectivity index (χ0) is 17.1. The molecule has 0 atom stereocenters. The molecule has 2 aromatic heterocycles. The van der Waals surface area contributed by atoms with Gasteiger partial charge in [0.25, 0.3) is 0 Å². The molecular weight excluding hydrogens is 306 g/mol. The molecule has 0 amide bonds. The Bertz CT molecular complexity index is 870. The fourth-order valence-electron chi connectivity index (χ4n) is 2.70. The van der Waals surface area contributed by atoms with E-state index >= 15 is 0 Å². The minimum absolute atomic E-state index is 0.184. The molecule has 0 radical (unpaired) electrons. The highest BCUT2D eigenvalue weighted by Gasteiger charge is 2.22. The van der Waals surface area contributed by atoms with E-state index in [4.69, 9.17) is 9.72 Å². The van der Waals surface area contributed by atoms with Crippen molar-refractivity contribution in [3.63, 3.8) is 0 Å². The normalized spacial score (nSPS) is 11.3.